The summed E-state index contributed by atoms with van der Waals surface area (Å²) in [5.74, 6) is 0.450. The maximum atomic E-state index is 14.1. The molecular weight excluding hydrogens is 301 g/mol. The van der Waals surface area contributed by atoms with E-state index in [0.29, 0.717) is 16.4 Å². The fourth-order valence-corrected chi connectivity index (χ4v) is 2.25. The number of hydrogen-bond acceptors (Lipinski definition) is 5. The summed E-state index contributed by atoms with van der Waals surface area (Å²) in [6, 6.07) is 0. The van der Waals surface area contributed by atoms with Crippen LogP contribution in [0.2, 0.25) is 5.15 Å². The Morgan fingerprint density at radius 1 is 1.35 bits per heavy atom. The van der Waals surface area contributed by atoms with Crippen molar-refractivity contribution in [3.63, 3.8) is 0 Å². The van der Waals surface area contributed by atoms with Gasteiger partial charge in [0, 0.05) is 6.20 Å². The highest BCUT2D eigenvalue weighted by Crippen LogP contribution is 2.31. The highest BCUT2D eigenvalue weighted by Gasteiger charge is 2.20. The molecular formula is C13H15ClFN3OS. The molecule has 0 aromatic carbocycles. The lowest BCUT2D eigenvalue weighted by molar-refractivity contribution is 0.125. The van der Waals surface area contributed by atoms with Gasteiger partial charge in [-0.05, 0) is 26.5 Å². The molecule has 4 nitrogen and oxygen atoms in total. The van der Waals surface area contributed by atoms with Gasteiger partial charge >= 0.3 is 0 Å². The fourth-order valence-electron chi connectivity index (χ4n) is 1.55. The van der Waals surface area contributed by atoms with E-state index in [9.17, 15) is 4.39 Å². The number of rotatable bonds is 3. The molecule has 0 amide bonds. The number of pyridine rings is 1. The van der Waals surface area contributed by atoms with E-state index in [2.05, 4.69) is 15.0 Å². The number of halogens is 2. The Bertz CT molecular complexity index is 646. The Balaban J connectivity index is 2.67. The van der Waals surface area contributed by atoms with Gasteiger partial charge in [-0.15, -0.1) is 0 Å². The Labute approximate surface area is 126 Å². The van der Waals surface area contributed by atoms with Gasteiger partial charge < -0.3 is 4.74 Å². The number of ether oxygens (including phenoxy) is 1. The molecule has 0 aliphatic rings. The van der Waals surface area contributed by atoms with Gasteiger partial charge in [0.05, 0.1) is 5.39 Å². The predicted octanol–water partition coefficient (Wildman–Crippen LogP) is 4.11. The number of fused-ring (bicyclic) bond motifs is 1. The van der Waals surface area contributed by atoms with Crippen molar-refractivity contribution in [1.82, 2.24) is 15.0 Å². The third-order valence-electron chi connectivity index (χ3n) is 2.26. The minimum absolute atomic E-state index is 0.134. The summed E-state index contributed by atoms with van der Waals surface area (Å²) < 4.78 is 19.9. The van der Waals surface area contributed by atoms with Gasteiger partial charge in [0.2, 0.25) is 5.88 Å². The van der Waals surface area contributed by atoms with Crippen molar-refractivity contribution in [2.24, 2.45) is 0 Å². The molecule has 0 fully saturated rings. The van der Waals surface area contributed by atoms with E-state index in [1.807, 2.05) is 27.7 Å². The zero-order chi connectivity index (χ0) is 14.9. The van der Waals surface area contributed by atoms with Gasteiger partial charge in [0.25, 0.3) is 0 Å². The predicted molar refractivity (Wildman–Crippen MR) is 79.1 cm³/mol. The fraction of sp³-hybridized carbons (Fsp3) is 0.462. The lowest BCUT2D eigenvalue weighted by Crippen LogP contribution is -2.24. The van der Waals surface area contributed by atoms with E-state index >= 15 is 0 Å². The van der Waals surface area contributed by atoms with Crippen LogP contribution in [0.5, 0.6) is 5.88 Å². The van der Waals surface area contributed by atoms with Crippen molar-refractivity contribution in [1.29, 1.82) is 0 Å². The molecule has 0 unspecified atom stereocenters. The molecule has 0 radical (unpaired) electrons. The first-order valence-corrected chi connectivity index (χ1v) is 7.51. The van der Waals surface area contributed by atoms with Gasteiger partial charge in [-0.1, -0.05) is 30.3 Å². The Kier molecular flexibility index (Phi) is 4.34. The van der Waals surface area contributed by atoms with E-state index in [0.717, 1.165) is 5.75 Å². The first-order valence-electron chi connectivity index (χ1n) is 6.15. The summed E-state index contributed by atoms with van der Waals surface area (Å²) in [7, 11) is 0. The topological polar surface area (TPSA) is 47.9 Å². The molecule has 0 N–H and O–H groups in total. The van der Waals surface area contributed by atoms with Crippen molar-refractivity contribution >= 4 is 34.3 Å². The molecule has 0 saturated carbocycles. The van der Waals surface area contributed by atoms with Gasteiger partial charge in [-0.25, -0.2) is 14.4 Å². The normalized spacial score (nSPS) is 11.9. The summed E-state index contributed by atoms with van der Waals surface area (Å²) in [5.41, 5.74) is -0.318. The number of hydrogen-bond donors (Lipinski definition) is 0. The van der Waals surface area contributed by atoms with Crippen molar-refractivity contribution in [3.8, 4) is 5.88 Å². The highest BCUT2D eigenvalue weighted by atomic mass is 35.5. The Morgan fingerprint density at radius 3 is 2.65 bits per heavy atom. The molecule has 0 spiro atoms. The van der Waals surface area contributed by atoms with Crippen LogP contribution in [0.1, 0.15) is 27.7 Å². The van der Waals surface area contributed by atoms with Crippen LogP contribution in [0.25, 0.3) is 10.9 Å². The molecule has 2 rings (SSSR count). The van der Waals surface area contributed by atoms with Gasteiger partial charge in [-0.3, -0.25) is 0 Å². The second kappa shape index (κ2) is 5.69. The molecule has 0 bridgehead atoms. The van der Waals surface area contributed by atoms with Crippen LogP contribution >= 0.6 is 23.4 Å². The SMILES string of the molecule is CCSc1nc(OC(C)(C)C)c2cnc(Cl)c(F)c2n1. The van der Waals surface area contributed by atoms with Crippen molar-refractivity contribution in [2.45, 2.75) is 38.5 Å². The van der Waals surface area contributed by atoms with E-state index in [1.165, 1.54) is 18.0 Å². The minimum atomic E-state index is -0.650. The lowest BCUT2D eigenvalue weighted by Gasteiger charge is -2.21. The summed E-state index contributed by atoms with van der Waals surface area (Å²) in [5, 5.41) is 0.674. The number of thioether (sulfide) groups is 1. The molecule has 0 aliphatic carbocycles. The maximum absolute atomic E-state index is 14.1. The van der Waals surface area contributed by atoms with Crippen LogP contribution in [0.3, 0.4) is 0 Å². The first kappa shape index (κ1) is 15.3. The summed E-state index contributed by atoms with van der Waals surface area (Å²) in [4.78, 5) is 12.3. The summed E-state index contributed by atoms with van der Waals surface area (Å²) in [6.07, 6.45) is 1.43. The van der Waals surface area contributed by atoms with Crippen LogP contribution < -0.4 is 4.74 Å². The Morgan fingerprint density at radius 2 is 2.05 bits per heavy atom. The van der Waals surface area contributed by atoms with Gasteiger partial charge in [-0.2, -0.15) is 4.98 Å². The van der Waals surface area contributed by atoms with Crippen LogP contribution in [0.4, 0.5) is 4.39 Å². The molecule has 108 valence electrons. The van der Waals surface area contributed by atoms with Crippen molar-refractivity contribution < 1.29 is 9.13 Å². The average molecular weight is 316 g/mol. The molecule has 0 aliphatic heterocycles. The zero-order valence-electron chi connectivity index (χ0n) is 11.7. The highest BCUT2D eigenvalue weighted by molar-refractivity contribution is 7.99. The molecule has 20 heavy (non-hydrogen) atoms. The zero-order valence-corrected chi connectivity index (χ0v) is 13.3. The third-order valence-corrected chi connectivity index (χ3v) is 3.26. The largest absolute Gasteiger partial charge is 0.471 e. The lowest BCUT2D eigenvalue weighted by atomic mass is 10.2. The van der Waals surface area contributed by atoms with E-state index < -0.39 is 11.4 Å². The number of nitrogens with zero attached hydrogens (tertiary/aromatic N) is 3. The van der Waals surface area contributed by atoms with Crippen LogP contribution in [-0.4, -0.2) is 26.3 Å². The van der Waals surface area contributed by atoms with Crippen molar-refractivity contribution in [3.05, 3.63) is 17.2 Å². The smallest absolute Gasteiger partial charge is 0.227 e. The average Bonchev–Trinajstić information content (AvgIpc) is 2.33. The summed E-state index contributed by atoms with van der Waals surface area (Å²) in [6.45, 7) is 7.66. The molecule has 0 saturated heterocycles. The minimum Gasteiger partial charge on any atom is -0.471 e. The van der Waals surface area contributed by atoms with Crippen LogP contribution in [-0.2, 0) is 0 Å². The third kappa shape index (κ3) is 3.30. The Hall–Kier alpha value is -1.14. The van der Waals surface area contributed by atoms with Gasteiger partial charge in [0.1, 0.15) is 11.1 Å². The van der Waals surface area contributed by atoms with Gasteiger partial charge in [0.15, 0.2) is 16.1 Å². The molecule has 2 aromatic rings. The maximum Gasteiger partial charge on any atom is 0.227 e. The number of aromatic nitrogens is 3. The molecule has 0 atom stereocenters. The van der Waals surface area contributed by atoms with E-state index in [-0.39, 0.29) is 10.7 Å². The summed E-state index contributed by atoms with van der Waals surface area (Å²) >= 11 is 7.12. The standard InChI is InChI=1S/C13H15ClFN3OS/c1-5-20-12-17-9-7(6-16-10(14)8(9)15)11(18-12)19-13(2,3)4/h6H,5H2,1-4H3. The van der Waals surface area contributed by atoms with Crippen LogP contribution in [0.15, 0.2) is 11.4 Å². The quantitative estimate of drug-likeness (QED) is 0.484. The van der Waals surface area contributed by atoms with Crippen LogP contribution in [0, 0.1) is 5.82 Å². The molecule has 7 heteroatoms. The second-order valence-electron chi connectivity index (χ2n) is 5.08. The molecule has 2 aromatic heterocycles. The van der Waals surface area contributed by atoms with Crippen molar-refractivity contribution in [2.75, 3.05) is 5.75 Å². The van der Waals surface area contributed by atoms with E-state index in [4.69, 9.17) is 16.3 Å². The van der Waals surface area contributed by atoms with E-state index in [1.54, 1.807) is 0 Å². The second-order valence-corrected chi connectivity index (χ2v) is 6.67. The molecule has 2 heterocycles. The first-order chi connectivity index (χ1) is 9.31. The monoisotopic (exact) mass is 315 g/mol.